The molecule has 0 aromatic heterocycles. The number of hydrogen-bond donors (Lipinski definition) is 0. The molecule has 1 aliphatic rings. The molecule has 2 rings (SSSR count). The molecule has 0 radical (unpaired) electrons. The van der Waals surface area contributed by atoms with Crippen molar-refractivity contribution in [1.29, 1.82) is 0 Å². The molecular formula is C18H28N2O3. The van der Waals surface area contributed by atoms with Gasteiger partial charge < -0.3 is 14.4 Å². The van der Waals surface area contributed by atoms with Crippen LogP contribution >= 0.6 is 0 Å². The lowest BCUT2D eigenvalue weighted by Crippen LogP contribution is -2.53. The molecule has 1 fully saturated rings. The van der Waals surface area contributed by atoms with Gasteiger partial charge in [-0.2, -0.15) is 0 Å². The van der Waals surface area contributed by atoms with E-state index < -0.39 is 0 Å². The predicted octanol–water partition coefficient (Wildman–Crippen LogP) is 2.01. The van der Waals surface area contributed by atoms with Crippen LogP contribution in [-0.2, 0) is 16.0 Å². The zero-order chi connectivity index (χ0) is 17.0. The van der Waals surface area contributed by atoms with Crippen LogP contribution in [0.2, 0.25) is 0 Å². The Balaban J connectivity index is 2.16. The van der Waals surface area contributed by atoms with Crippen molar-refractivity contribution in [2.45, 2.75) is 32.1 Å². The van der Waals surface area contributed by atoms with E-state index >= 15 is 0 Å². The van der Waals surface area contributed by atoms with E-state index in [1.807, 2.05) is 24.3 Å². The van der Waals surface area contributed by atoms with Gasteiger partial charge in [0, 0.05) is 46.4 Å². The minimum atomic E-state index is -0.220. The average molecular weight is 320 g/mol. The van der Waals surface area contributed by atoms with Crippen LogP contribution in [0.15, 0.2) is 24.3 Å². The fourth-order valence-electron chi connectivity index (χ4n) is 3.16. The van der Waals surface area contributed by atoms with Gasteiger partial charge in [0.25, 0.3) is 5.91 Å². The molecule has 1 heterocycles. The molecule has 23 heavy (non-hydrogen) atoms. The summed E-state index contributed by atoms with van der Waals surface area (Å²) in [6.45, 7) is 7.15. The third-order valence-corrected chi connectivity index (χ3v) is 3.95. The first-order chi connectivity index (χ1) is 10.8. The smallest absolute Gasteiger partial charge is 0.253 e. The van der Waals surface area contributed by atoms with Gasteiger partial charge in [0.1, 0.15) is 0 Å². The molecule has 1 aliphatic heterocycles. The Hall–Kier alpha value is -1.43. The average Bonchev–Trinajstić information content (AvgIpc) is 2.45. The van der Waals surface area contributed by atoms with Gasteiger partial charge in [0.15, 0.2) is 0 Å². The second-order valence-electron chi connectivity index (χ2n) is 6.98. The number of amides is 1. The van der Waals surface area contributed by atoms with E-state index in [4.69, 9.17) is 9.47 Å². The Labute approximate surface area is 139 Å². The Kier molecular flexibility index (Phi) is 5.79. The summed E-state index contributed by atoms with van der Waals surface area (Å²) in [4.78, 5) is 16.3. The van der Waals surface area contributed by atoms with Gasteiger partial charge in [-0.1, -0.05) is 18.2 Å². The molecule has 1 aromatic rings. The number of benzene rings is 1. The summed E-state index contributed by atoms with van der Waals surface area (Å²) in [5.41, 5.74) is 1.60. The molecule has 5 nitrogen and oxygen atoms in total. The molecule has 5 heteroatoms. The topological polar surface area (TPSA) is 42.0 Å². The first-order valence-electron chi connectivity index (χ1n) is 8.01. The molecule has 0 saturated carbocycles. The molecule has 1 aromatic carbocycles. The maximum atomic E-state index is 12.4. The molecular weight excluding hydrogens is 292 g/mol. The minimum Gasteiger partial charge on any atom is -0.382 e. The number of carbonyl (C=O) groups is 1. The number of nitrogens with zero attached hydrogens (tertiary/aromatic N) is 2. The zero-order valence-electron chi connectivity index (χ0n) is 14.8. The maximum Gasteiger partial charge on any atom is 0.253 e. The molecule has 0 N–H and O–H groups in total. The monoisotopic (exact) mass is 320 g/mol. The fourth-order valence-corrected chi connectivity index (χ4v) is 3.16. The lowest BCUT2D eigenvalue weighted by molar-refractivity contribution is -0.154. The van der Waals surface area contributed by atoms with Crippen LogP contribution in [0.25, 0.3) is 0 Å². The van der Waals surface area contributed by atoms with E-state index in [-0.39, 0.29) is 17.6 Å². The van der Waals surface area contributed by atoms with Crippen LogP contribution in [-0.4, -0.2) is 68.3 Å². The number of morpholine rings is 1. The highest BCUT2D eigenvalue weighted by atomic mass is 16.5. The van der Waals surface area contributed by atoms with Gasteiger partial charge in [-0.15, -0.1) is 0 Å². The summed E-state index contributed by atoms with van der Waals surface area (Å²) in [6, 6.07) is 7.83. The highest BCUT2D eigenvalue weighted by molar-refractivity contribution is 5.95. The Morgan fingerprint density at radius 3 is 2.74 bits per heavy atom. The first-order valence-corrected chi connectivity index (χ1v) is 8.01. The lowest BCUT2D eigenvalue weighted by atomic mass is 10.0. The summed E-state index contributed by atoms with van der Waals surface area (Å²) in [6.07, 6.45) is 0.0560. The van der Waals surface area contributed by atoms with Gasteiger partial charge in [-0.3, -0.25) is 9.69 Å². The molecule has 1 saturated heterocycles. The Bertz CT molecular complexity index is 543. The third-order valence-electron chi connectivity index (χ3n) is 3.95. The third kappa shape index (κ3) is 4.77. The van der Waals surface area contributed by atoms with Crippen molar-refractivity contribution in [3.63, 3.8) is 0 Å². The Morgan fingerprint density at radius 2 is 2.09 bits per heavy atom. The van der Waals surface area contributed by atoms with Crippen LogP contribution in [0.3, 0.4) is 0 Å². The summed E-state index contributed by atoms with van der Waals surface area (Å²) in [5, 5.41) is 0. The molecule has 128 valence electrons. The standard InChI is InChI=1S/C18H28N2O3/c1-18(2)13-20(11-15(23-18)12-22-5)10-14-8-6-7-9-16(14)17(21)19(3)4/h6-9,15H,10-13H2,1-5H3. The van der Waals surface area contributed by atoms with Crippen LogP contribution in [0.5, 0.6) is 0 Å². The van der Waals surface area contributed by atoms with Gasteiger partial charge in [-0.25, -0.2) is 0 Å². The Morgan fingerprint density at radius 1 is 1.39 bits per heavy atom. The fraction of sp³-hybridized carbons (Fsp3) is 0.611. The van der Waals surface area contributed by atoms with Crippen molar-refractivity contribution < 1.29 is 14.3 Å². The van der Waals surface area contributed by atoms with E-state index in [2.05, 4.69) is 18.7 Å². The van der Waals surface area contributed by atoms with E-state index in [9.17, 15) is 4.79 Å². The first kappa shape index (κ1) is 17.9. The van der Waals surface area contributed by atoms with Gasteiger partial charge >= 0.3 is 0 Å². The molecule has 0 spiro atoms. The quantitative estimate of drug-likeness (QED) is 0.832. The van der Waals surface area contributed by atoms with Gasteiger partial charge in [-0.05, 0) is 25.5 Å². The van der Waals surface area contributed by atoms with Crippen LogP contribution in [0, 0.1) is 0 Å². The number of ether oxygens (including phenoxy) is 2. The largest absolute Gasteiger partial charge is 0.382 e. The highest BCUT2D eigenvalue weighted by Gasteiger charge is 2.33. The van der Waals surface area contributed by atoms with Crippen molar-refractivity contribution in [2.24, 2.45) is 0 Å². The van der Waals surface area contributed by atoms with E-state index in [0.717, 1.165) is 30.8 Å². The number of rotatable bonds is 5. The van der Waals surface area contributed by atoms with Crippen LogP contribution in [0.4, 0.5) is 0 Å². The minimum absolute atomic E-state index is 0.0431. The SMILES string of the molecule is COCC1CN(Cc2ccccc2C(=O)N(C)C)CC(C)(C)O1. The highest BCUT2D eigenvalue weighted by Crippen LogP contribution is 2.24. The molecule has 0 bridgehead atoms. The van der Waals surface area contributed by atoms with Gasteiger partial charge in [0.2, 0.25) is 0 Å². The second-order valence-corrected chi connectivity index (χ2v) is 6.98. The molecule has 0 aliphatic carbocycles. The zero-order valence-corrected chi connectivity index (χ0v) is 14.8. The van der Waals surface area contributed by atoms with Crippen molar-refractivity contribution >= 4 is 5.91 Å². The maximum absolute atomic E-state index is 12.4. The summed E-state index contributed by atoms with van der Waals surface area (Å²) >= 11 is 0. The number of methoxy groups -OCH3 is 1. The second kappa shape index (κ2) is 7.43. The van der Waals surface area contributed by atoms with Crippen LogP contribution < -0.4 is 0 Å². The van der Waals surface area contributed by atoms with E-state index in [1.165, 1.54) is 0 Å². The number of hydrogen-bond acceptors (Lipinski definition) is 4. The van der Waals surface area contributed by atoms with Crippen molar-refractivity contribution in [1.82, 2.24) is 9.80 Å². The summed E-state index contributed by atoms with van der Waals surface area (Å²) in [5.74, 6) is 0.0431. The van der Waals surface area contributed by atoms with E-state index in [0.29, 0.717) is 6.61 Å². The molecule has 1 amide bonds. The normalized spacial score (nSPS) is 21.2. The van der Waals surface area contributed by atoms with Crippen LogP contribution in [0.1, 0.15) is 29.8 Å². The molecule has 1 atom stereocenters. The van der Waals surface area contributed by atoms with E-state index in [1.54, 1.807) is 26.1 Å². The lowest BCUT2D eigenvalue weighted by Gasteiger charge is -2.42. The van der Waals surface area contributed by atoms with Crippen molar-refractivity contribution in [3.05, 3.63) is 35.4 Å². The van der Waals surface area contributed by atoms with Gasteiger partial charge in [0.05, 0.1) is 18.3 Å². The summed E-state index contributed by atoms with van der Waals surface area (Å²) in [7, 11) is 5.26. The predicted molar refractivity (Wildman–Crippen MR) is 90.6 cm³/mol. The summed E-state index contributed by atoms with van der Waals surface area (Å²) < 4.78 is 11.3. The number of carbonyl (C=O) groups excluding carboxylic acids is 1. The van der Waals surface area contributed by atoms with Crippen molar-refractivity contribution in [2.75, 3.05) is 40.9 Å². The van der Waals surface area contributed by atoms with Crippen molar-refractivity contribution in [3.8, 4) is 0 Å². The molecule has 1 unspecified atom stereocenters.